The van der Waals surface area contributed by atoms with E-state index in [1.807, 2.05) is 0 Å². The van der Waals surface area contributed by atoms with Gasteiger partial charge in [0.25, 0.3) is 5.91 Å². The van der Waals surface area contributed by atoms with Crippen molar-refractivity contribution in [3.8, 4) is 0 Å². The van der Waals surface area contributed by atoms with Crippen molar-refractivity contribution in [1.82, 2.24) is 25.7 Å². The molecular weight excluding hydrogens is 326 g/mol. The van der Waals surface area contributed by atoms with E-state index < -0.39 is 0 Å². The molecule has 6 nitrogen and oxygen atoms in total. The van der Waals surface area contributed by atoms with Gasteiger partial charge in [-0.3, -0.25) is 9.89 Å². The van der Waals surface area contributed by atoms with E-state index >= 15 is 0 Å². The van der Waals surface area contributed by atoms with E-state index in [1.165, 1.54) is 51.7 Å². The lowest BCUT2D eigenvalue weighted by molar-refractivity contribution is 0.0946. The van der Waals surface area contributed by atoms with Gasteiger partial charge < -0.3 is 15.5 Å². The van der Waals surface area contributed by atoms with Crippen LogP contribution in [0.1, 0.15) is 60.3 Å². The van der Waals surface area contributed by atoms with Crippen LogP contribution in [0.3, 0.4) is 0 Å². The zero-order valence-electron chi connectivity index (χ0n) is 14.4. The number of nitrogens with zero attached hydrogens (tertiary/aromatic N) is 2. The Hall–Kier alpha value is -1.11. The second-order valence-electron chi connectivity index (χ2n) is 6.67. The molecule has 3 N–H and O–H groups in total. The molecule has 0 aromatic carbocycles. The number of aromatic amines is 1. The lowest BCUT2D eigenvalue weighted by Crippen LogP contribution is -2.31. The average Bonchev–Trinajstić information content (AvgIpc) is 3.03. The fourth-order valence-corrected chi connectivity index (χ4v) is 3.52. The van der Waals surface area contributed by atoms with Crippen molar-refractivity contribution in [1.29, 1.82) is 0 Å². The molecule has 1 aromatic rings. The van der Waals surface area contributed by atoms with Gasteiger partial charge in [0.15, 0.2) is 5.69 Å². The number of likely N-dealkylation sites (tertiary alicyclic amines) is 1. The minimum Gasteiger partial charge on any atom is -0.351 e. The molecule has 1 saturated heterocycles. The standard InChI is InChI=1S/C17H29N5O.ClH/c23-17(16-14-13-18-9-7-15(14)20-21-16)19-8-3-1-4-10-22-11-5-2-6-12-22;/h18H,1-13H2,(H,19,23)(H,20,21);1H. The van der Waals surface area contributed by atoms with E-state index in [0.717, 1.165) is 43.7 Å². The Kier molecular flexibility index (Phi) is 8.02. The molecule has 0 bridgehead atoms. The SMILES string of the molecule is Cl.O=C(NCCCCCN1CCCCC1)c1n[nH]c2c1CNCC2. The molecule has 1 fully saturated rings. The summed E-state index contributed by atoms with van der Waals surface area (Å²) in [5.74, 6) is -0.0396. The van der Waals surface area contributed by atoms with Gasteiger partial charge in [0.1, 0.15) is 0 Å². The second kappa shape index (κ2) is 10.0. The molecule has 24 heavy (non-hydrogen) atoms. The first-order chi connectivity index (χ1) is 11.3. The van der Waals surface area contributed by atoms with Crippen molar-refractivity contribution in [2.24, 2.45) is 0 Å². The molecule has 0 atom stereocenters. The minimum absolute atomic E-state index is 0. The molecule has 3 rings (SSSR count). The van der Waals surface area contributed by atoms with Crippen molar-refractivity contribution in [2.45, 2.75) is 51.5 Å². The van der Waals surface area contributed by atoms with Crippen molar-refractivity contribution in [2.75, 3.05) is 32.7 Å². The Morgan fingerprint density at radius 3 is 2.83 bits per heavy atom. The molecule has 3 heterocycles. The number of piperidine rings is 1. The number of aromatic nitrogens is 2. The van der Waals surface area contributed by atoms with Crippen molar-refractivity contribution < 1.29 is 4.79 Å². The summed E-state index contributed by atoms with van der Waals surface area (Å²) in [5, 5.41) is 13.5. The van der Waals surface area contributed by atoms with Crippen molar-refractivity contribution in [3.05, 3.63) is 17.0 Å². The molecule has 7 heteroatoms. The summed E-state index contributed by atoms with van der Waals surface area (Å²) in [5.41, 5.74) is 2.72. The Morgan fingerprint density at radius 1 is 1.17 bits per heavy atom. The van der Waals surface area contributed by atoms with E-state index in [9.17, 15) is 4.79 Å². The van der Waals surface area contributed by atoms with E-state index in [-0.39, 0.29) is 18.3 Å². The fourth-order valence-electron chi connectivity index (χ4n) is 3.52. The molecular formula is C17H30ClN5O. The number of H-pyrrole nitrogens is 1. The Balaban J connectivity index is 0.00000208. The normalized spacial score (nSPS) is 17.8. The highest BCUT2D eigenvalue weighted by atomic mass is 35.5. The number of carbonyl (C=O) groups is 1. The number of nitrogens with one attached hydrogen (secondary N) is 3. The van der Waals surface area contributed by atoms with E-state index in [2.05, 4.69) is 25.7 Å². The number of fused-ring (bicyclic) bond motifs is 1. The lowest BCUT2D eigenvalue weighted by Gasteiger charge is -2.26. The monoisotopic (exact) mass is 355 g/mol. The Labute approximate surface area is 150 Å². The van der Waals surface area contributed by atoms with Gasteiger partial charge in [0, 0.05) is 37.3 Å². The number of hydrogen-bond donors (Lipinski definition) is 3. The van der Waals surface area contributed by atoms with Crippen LogP contribution in [0, 0.1) is 0 Å². The quantitative estimate of drug-likeness (QED) is 0.653. The number of halogens is 1. The first-order valence-electron chi connectivity index (χ1n) is 9.12. The van der Waals surface area contributed by atoms with E-state index in [4.69, 9.17) is 0 Å². The van der Waals surface area contributed by atoms with Crippen LogP contribution < -0.4 is 10.6 Å². The third kappa shape index (κ3) is 5.19. The highest BCUT2D eigenvalue weighted by Crippen LogP contribution is 2.15. The van der Waals surface area contributed by atoms with E-state index in [1.54, 1.807) is 0 Å². The van der Waals surface area contributed by atoms with Crippen LogP contribution in [0.25, 0.3) is 0 Å². The van der Waals surface area contributed by atoms with Crippen LogP contribution in [-0.4, -0.2) is 53.7 Å². The molecule has 136 valence electrons. The maximum Gasteiger partial charge on any atom is 0.272 e. The molecule has 0 unspecified atom stereocenters. The number of carbonyl (C=O) groups excluding carboxylic acids is 1. The van der Waals surface area contributed by atoms with Gasteiger partial charge in [-0.1, -0.05) is 12.8 Å². The van der Waals surface area contributed by atoms with Crippen LogP contribution in [0.5, 0.6) is 0 Å². The molecule has 2 aliphatic heterocycles. The van der Waals surface area contributed by atoms with Gasteiger partial charge in [0.2, 0.25) is 0 Å². The zero-order valence-corrected chi connectivity index (χ0v) is 15.2. The van der Waals surface area contributed by atoms with Gasteiger partial charge in [-0.2, -0.15) is 5.10 Å². The number of unbranched alkanes of at least 4 members (excludes halogenated alkanes) is 2. The predicted molar refractivity (Wildman–Crippen MR) is 97.7 cm³/mol. The lowest BCUT2D eigenvalue weighted by atomic mass is 10.1. The summed E-state index contributed by atoms with van der Waals surface area (Å²) in [6.07, 6.45) is 8.50. The van der Waals surface area contributed by atoms with E-state index in [0.29, 0.717) is 5.69 Å². The van der Waals surface area contributed by atoms with Crippen LogP contribution in [0.2, 0.25) is 0 Å². The molecule has 1 amide bonds. The second-order valence-corrected chi connectivity index (χ2v) is 6.67. The molecule has 0 spiro atoms. The average molecular weight is 356 g/mol. The Bertz CT molecular complexity index is 513. The van der Waals surface area contributed by atoms with Gasteiger partial charge in [-0.15, -0.1) is 12.4 Å². The maximum absolute atomic E-state index is 12.2. The number of hydrogen-bond acceptors (Lipinski definition) is 4. The third-order valence-corrected chi connectivity index (χ3v) is 4.91. The fraction of sp³-hybridized carbons (Fsp3) is 0.765. The number of rotatable bonds is 7. The van der Waals surface area contributed by atoms with Crippen LogP contribution in [-0.2, 0) is 13.0 Å². The summed E-state index contributed by atoms with van der Waals surface area (Å²) >= 11 is 0. The molecule has 0 saturated carbocycles. The summed E-state index contributed by atoms with van der Waals surface area (Å²) in [7, 11) is 0. The summed E-state index contributed by atoms with van der Waals surface area (Å²) in [6.45, 7) is 6.20. The molecule has 0 aliphatic carbocycles. The summed E-state index contributed by atoms with van der Waals surface area (Å²) in [6, 6.07) is 0. The maximum atomic E-state index is 12.2. The molecule has 1 aromatic heterocycles. The van der Waals surface area contributed by atoms with Crippen LogP contribution in [0.4, 0.5) is 0 Å². The first-order valence-corrected chi connectivity index (χ1v) is 9.12. The number of amides is 1. The minimum atomic E-state index is -0.0396. The first kappa shape index (κ1) is 19.2. The van der Waals surface area contributed by atoms with Gasteiger partial charge in [-0.25, -0.2) is 0 Å². The summed E-state index contributed by atoms with van der Waals surface area (Å²) in [4.78, 5) is 14.8. The zero-order chi connectivity index (χ0) is 15.9. The van der Waals surface area contributed by atoms with Crippen molar-refractivity contribution in [3.63, 3.8) is 0 Å². The van der Waals surface area contributed by atoms with Gasteiger partial charge in [-0.05, 0) is 45.3 Å². The summed E-state index contributed by atoms with van der Waals surface area (Å²) < 4.78 is 0. The topological polar surface area (TPSA) is 73.0 Å². The largest absolute Gasteiger partial charge is 0.351 e. The van der Waals surface area contributed by atoms with Gasteiger partial charge >= 0.3 is 0 Å². The van der Waals surface area contributed by atoms with Crippen molar-refractivity contribution >= 4 is 18.3 Å². The molecule has 0 radical (unpaired) electrons. The van der Waals surface area contributed by atoms with Crippen LogP contribution >= 0.6 is 12.4 Å². The third-order valence-electron chi connectivity index (χ3n) is 4.91. The highest BCUT2D eigenvalue weighted by molar-refractivity contribution is 5.94. The smallest absolute Gasteiger partial charge is 0.272 e. The Morgan fingerprint density at radius 2 is 2.00 bits per heavy atom. The van der Waals surface area contributed by atoms with Gasteiger partial charge in [0.05, 0.1) is 0 Å². The molecule has 2 aliphatic rings. The van der Waals surface area contributed by atoms with Crippen LogP contribution in [0.15, 0.2) is 0 Å². The predicted octanol–water partition coefficient (Wildman–Crippen LogP) is 1.86. The highest BCUT2D eigenvalue weighted by Gasteiger charge is 2.21.